The Labute approximate surface area is 294 Å². The zero-order chi connectivity index (χ0) is 38.1. The van der Waals surface area contributed by atoms with Gasteiger partial charge in [-0.25, -0.2) is 0 Å². The maximum absolute atomic E-state index is 12.0. The van der Waals surface area contributed by atoms with E-state index in [1.54, 1.807) is 30.3 Å². The Hall–Kier alpha value is -7.67. The predicted octanol–water partition coefficient (Wildman–Crippen LogP) is 5.81. The molecule has 0 bridgehead atoms. The minimum absolute atomic E-state index is 0.0474. The van der Waals surface area contributed by atoms with Crippen LogP contribution >= 0.6 is 0 Å². The van der Waals surface area contributed by atoms with Gasteiger partial charge in [0, 0.05) is 29.3 Å². The van der Waals surface area contributed by atoms with E-state index in [0.29, 0.717) is 11.1 Å². The lowest BCUT2D eigenvalue weighted by molar-refractivity contribution is 0.102. The molecule has 0 aromatic heterocycles. The van der Waals surface area contributed by atoms with E-state index in [4.69, 9.17) is 25.5 Å². The quantitative estimate of drug-likeness (QED) is 0.0726. The summed E-state index contributed by atoms with van der Waals surface area (Å²) in [6.45, 7) is 0. The van der Waals surface area contributed by atoms with Crippen LogP contribution in [0, 0.1) is 0 Å². The number of ketones is 3. The second-order valence-corrected chi connectivity index (χ2v) is 10.8. The number of phenols is 10. The van der Waals surface area contributed by atoms with Gasteiger partial charge in [-0.3, -0.25) is 14.4 Å². The van der Waals surface area contributed by atoms with Crippen molar-refractivity contribution in [2.24, 2.45) is 0 Å². The Bertz CT molecular complexity index is 2190. The maximum Gasteiger partial charge on any atom is 0.201 e. The molecule has 0 heterocycles. The third-order valence-electron chi connectivity index (χ3n) is 7.22. The Morgan fingerprint density at radius 1 is 0.308 bits per heavy atom. The summed E-state index contributed by atoms with van der Waals surface area (Å²) in [6, 6.07) is 27.4. The molecule has 0 unspecified atom stereocenters. The van der Waals surface area contributed by atoms with Crippen LogP contribution in [0.25, 0.3) is 0 Å². The molecular weight excluding hydrogens is 676 g/mol. The molecule has 0 aliphatic carbocycles. The van der Waals surface area contributed by atoms with Gasteiger partial charge in [0.2, 0.25) is 5.75 Å². The van der Waals surface area contributed by atoms with Crippen LogP contribution in [0.3, 0.4) is 0 Å². The number of phenolic OH excluding ortho intramolecular Hbond substituents is 10. The lowest BCUT2D eigenvalue weighted by atomic mass is 10.0. The van der Waals surface area contributed by atoms with Gasteiger partial charge < -0.3 is 51.1 Å². The normalized spacial score (nSPS) is 10.2. The predicted molar refractivity (Wildman–Crippen MR) is 186 cm³/mol. The SMILES string of the molecule is O=C(c1ccc(O)cc1)c1ccc(O)cc1O.O=C(c1ccc(O)cc1O)c1ccc(O)cc1O.O=C(c1ccccc1)c1ccc(O)c(O)c1O. The summed E-state index contributed by atoms with van der Waals surface area (Å²) in [5, 5.41) is 93.2. The molecule has 0 fully saturated rings. The highest BCUT2D eigenvalue weighted by Gasteiger charge is 2.19. The zero-order valence-electron chi connectivity index (χ0n) is 26.7. The molecule has 13 nitrogen and oxygen atoms in total. The van der Waals surface area contributed by atoms with E-state index in [9.17, 15) is 39.9 Å². The van der Waals surface area contributed by atoms with Crippen molar-refractivity contribution >= 4 is 17.3 Å². The minimum atomic E-state index is -0.688. The van der Waals surface area contributed by atoms with Crippen molar-refractivity contribution in [1.82, 2.24) is 0 Å². The fourth-order valence-corrected chi connectivity index (χ4v) is 4.55. The van der Waals surface area contributed by atoms with Gasteiger partial charge in [-0.05, 0) is 72.8 Å². The van der Waals surface area contributed by atoms with E-state index in [-0.39, 0.29) is 68.3 Å². The number of benzene rings is 6. The van der Waals surface area contributed by atoms with E-state index in [2.05, 4.69) is 0 Å². The summed E-state index contributed by atoms with van der Waals surface area (Å²) < 4.78 is 0. The smallest absolute Gasteiger partial charge is 0.201 e. The van der Waals surface area contributed by atoms with Crippen LogP contribution in [0.4, 0.5) is 0 Å². The van der Waals surface area contributed by atoms with Gasteiger partial charge in [0.25, 0.3) is 0 Å². The van der Waals surface area contributed by atoms with Gasteiger partial charge in [-0.1, -0.05) is 30.3 Å². The Kier molecular flexibility index (Phi) is 11.5. The number of hydrogen-bond acceptors (Lipinski definition) is 13. The molecule has 0 aliphatic rings. The summed E-state index contributed by atoms with van der Waals surface area (Å²) in [5.74, 6) is -4.58. The van der Waals surface area contributed by atoms with E-state index in [0.717, 1.165) is 24.3 Å². The molecule has 10 N–H and O–H groups in total. The second kappa shape index (κ2) is 16.2. The lowest BCUT2D eigenvalue weighted by Gasteiger charge is -2.06. The Morgan fingerprint density at radius 3 is 1.12 bits per heavy atom. The zero-order valence-corrected chi connectivity index (χ0v) is 26.7. The molecule has 0 saturated carbocycles. The fraction of sp³-hybridized carbons (Fsp3) is 0. The van der Waals surface area contributed by atoms with E-state index in [1.165, 1.54) is 66.7 Å². The first-order chi connectivity index (χ1) is 24.7. The Morgan fingerprint density at radius 2 is 0.673 bits per heavy atom. The van der Waals surface area contributed by atoms with Crippen LogP contribution in [-0.4, -0.2) is 68.4 Å². The van der Waals surface area contributed by atoms with Crippen molar-refractivity contribution in [3.05, 3.63) is 155 Å². The van der Waals surface area contributed by atoms with Gasteiger partial charge in [0.05, 0.1) is 22.3 Å². The van der Waals surface area contributed by atoms with E-state index >= 15 is 0 Å². The summed E-state index contributed by atoms with van der Waals surface area (Å²) >= 11 is 0. The fourth-order valence-electron chi connectivity index (χ4n) is 4.55. The molecule has 0 aliphatic heterocycles. The van der Waals surface area contributed by atoms with Gasteiger partial charge in [-0.2, -0.15) is 0 Å². The molecular formula is C39H30O13. The van der Waals surface area contributed by atoms with Crippen molar-refractivity contribution in [2.45, 2.75) is 0 Å². The van der Waals surface area contributed by atoms with Crippen molar-refractivity contribution in [2.75, 3.05) is 0 Å². The monoisotopic (exact) mass is 706 g/mol. The number of hydrogen-bond donors (Lipinski definition) is 10. The van der Waals surface area contributed by atoms with Crippen LogP contribution in [0.5, 0.6) is 57.5 Å². The third-order valence-corrected chi connectivity index (χ3v) is 7.22. The first kappa shape index (κ1) is 37.2. The van der Waals surface area contributed by atoms with Gasteiger partial charge >= 0.3 is 0 Å². The van der Waals surface area contributed by atoms with Gasteiger partial charge in [0.1, 0.15) is 40.2 Å². The average Bonchev–Trinajstić information content (AvgIpc) is 3.11. The summed E-state index contributed by atoms with van der Waals surface area (Å²) in [5.41, 5.74) is 0.708. The molecule has 0 atom stereocenters. The van der Waals surface area contributed by atoms with Crippen molar-refractivity contribution < 1.29 is 65.4 Å². The second-order valence-electron chi connectivity index (χ2n) is 10.8. The van der Waals surface area contributed by atoms with Crippen molar-refractivity contribution in [1.29, 1.82) is 0 Å². The first-order valence-electron chi connectivity index (χ1n) is 15.0. The molecule has 264 valence electrons. The van der Waals surface area contributed by atoms with Crippen LogP contribution < -0.4 is 0 Å². The number of aromatic hydroxyl groups is 10. The van der Waals surface area contributed by atoms with Crippen LogP contribution in [0.1, 0.15) is 47.8 Å². The molecule has 0 saturated heterocycles. The van der Waals surface area contributed by atoms with Gasteiger partial charge in [-0.15, -0.1) is 0 Å². The van der Waals surface area contributed by atoms with E-state index < -0.39 is 28.8 Å². The standard InChI is InChI=1S/C13H10O5.2C13H10O4/c14-7-1-3-9(11(16)5-7)13(18)10-4-2-8(15)6-12(10)17;14-9-3-1-8(2-4-9)13(17)11-6-5-10(15)7-12(11)16;14-10-7-6-9(12(16)13(10)17)11(15)8-4-2-1-3-5-8/h1-6,14-17H;1-7,14-16H;1-7,14,16-17H. The third kappa shape index (κ3) is 8.86. The van der Waals surface area contributed by atoms with Gasteiger partial charge in [0.15, 0.2) is 28.8 Å². The molecule has 0 radical (unpaired) electrons. The minimum Gasteiger partial charge on any atom is -0.508 e. The maximum atomic E-state index is 12.0. The molecule has 0 spiro atoms. The van der Waals surface area contributed by atoms with Crippen LogP contribution in [-0.2, 0) is 0 Å². The molecule has 52 heavy (non-hydrogen) atoms. The number of carbonyl (C=O) groups excluding carboxylic acids is 3. The molecule has 13 heteroatoms. The Balaban J connectivity index is 0.000000175. The first-order valence-corrected chi connectivity index (χ1v) is 15.0. The molecule has 6 rings (SSSR count). The number of rotatable bonds is 6. The highest BCUT2D eigenvalue weighted by molar-refractivity contribution is 6.13. The van der Waals surface area contributed by atoms with Crippen molar-refractivity contribution in [3.63, 3.8) is 0 Å². The summed E-state index contributed by atoms with van der Waals surface area (Å²) in [7, 11) is 0. The lowest BCUT2D eigenvalue weighted by Crippen LogP contribution is -2.01. The van der Waals surface area contributed by atoms with Crippen LogP contribution in [0.2, 0.25) is 0 Å². The van der Waals surface area contributed by atoms with Crippen molar-refractivity contribution in [3.8, 4) is 57.5 Å². The highest BCUT2D eigenvalue weighted by atomic mass is 16.3. The molecule has 6 aromatic rings. The average molecular weight is 707 g/mol. The molecule has 6 aromatic carbocycles. The number of carbonyl (C=O) groups is 3. The highest BCUT2D eigenvalue weighted by Crippen LogP contribution is 2.38. The summed E-state index contributed by atoms with van der Waals surface area (Å²) in [4.78, 5) is 36.0. The molecule has 0 amide bonds. The van der Waals surface area contributed by atoms with Crippen LogP contribution in [0.15, 0.2) is 121 Å². The topological polar surface area (TPSA) is 254 Å². The summed E-state index contributed by atoms with van der Waals surface area (Å²) in [6.07, 6.45) is 0. The largest absolute Gasteiger partial charge is 0.508 e. The van der Waals surface area contributed by atoms with E-state index in [1.807, 2.05) is 0 Å².